The van der Waals surface area contributed by atoms with Gasteiger partial charge in [0.05, 0.1) is 12.7 Å². The van der Waals surface area contributed by atoms with E-state index in [2.05, 4.69) is 4.74 Å². The smallest absolute Gasteiger partial charge is 0.337 e. The third-order valence-electron chi connectivity index (χ3n) is 3.58. The average Bonchev–Trinajstić information content (AvgIpc) is 2.59. The van der Waals surface area contributed by atoms with Gasteiger partial charge >= 0.3 is 5.97 Å². The lowest BCUT2D eigenvalue weighted by Gasteiger charge is -2.21. The zero-order valence-electron chi connectivity index (χ0n) is 14.3. The average molecular weight is 347 g/mol. The third-order valence-corrected chi connectivity index (χ3v) is 3.58. The van der Waals surface area contributed by atoms with E-state index in [1.54, 1.807) is 30.3 Å². The second kappa shape index (κ2) is 9.15. The Hall–Kier alpha value is -2.44. The molecule has 0 aliphatic heterocycles. The number of carbonyl (C=O) groups excluding carboxylic acids is 1. The molecule has 2 aromatic rings. The lowest BCUT2D eigenvalue weighted by Crippen LogP contribution is -2.32. The van der Waals surface area contributed by atoms with Gasteiger partial charge < -0.3 is 14.6 Å². The first kappa shape index (κ1) is 18.9. The van der Waals surface area contributed by atoms with Crippen LogP contribution in [-0.4, -0.2) is 49.4 Å². The molecule has 5 nitrogen and oxygen atoms in total. The van der Waals surface area contributed by atoms with Crippen LogP contribution in [-0.2, 0) is 11.3 Å². The van der Waals surface area contributed by atoms with Gasteiger partial charge in [0.1, 0.15) is 24.3 Å². The van der Waals surface area contributed by atoms with Crippen molar-refractivity contribution in [3.05, 3.63) is 65.5 Å². The maximum Gasteiger partial charge on any atom is 0.337 e. The van der Waals surface area contributed by atoms with Crippen LogP contribution in [0.3, 0.4) is 0 Å². The molecule has 0 radical (unpaired) electrons. The molecule has 1 atom stereocenters. The largest absolute Gasteiger partial charge is 0.491 e. The van der Waals surface area contributed by atoms with Crippen molar-refractivity contribution >= 4 is 5.97 Å². The summed E-state index contributed by atoms with van der Waals surface area (Å²) in [7, 11) is 3.17. The number of rotatable bonds is 8. The highest BCUT2D eigenvalue weighted by Gasteiger charge is 2.11. The number of nitrogens with zero attached hydrogens (tertiary/aromatic N) is 1. The van der Waals surface area contributed by atoms with Crippen molar-refractivity contribution in [3.8, 4) is 5.75 Å². The van der Waals surface area contributed by atoms with Gasteiger partial charge in [-0.15, -0.1) is 0 Å². The molecule has 2 rings (SSSR count). The Morgan fingerprint density at radius 3 is 2.60 bits per heavy atom. The molecule has 0 amide bonds. The van der Waals surface area contributed by atoms with E-state index in [1.807, 2.05) is 18.0 Å². The molecule has 0 aromatic heterocycles. The van der Waals surface area contributed by atoms with E-state index in [1.165, 1.54) is 19.2 Å². The van der Waals surface area contributed by atoms with Gasteiger partial charge in [0, 0.05) is 13.1 Å². The molecule has 0 saturated carbocycles. The first-order chi connectivity index (χ1) is 12.0. The number of aliphatic hydroxyl groups is 1. The quantitative estimate of drug-likeness (QED) is 0.744. The van der Waals surface area contributed by atoms with E-state index in [-0.39, 0.29) is 12.4 Å². The van der Waals surface area contributed by atoms with E-state index >= 15 is 0 Å². The molecule has 0 heterocycles. The molecule has 0 aliphatic carbocycles. The SMILES string of the molecule is COC(=O)c1ccc(OCC(O)CN(C)Cc2cccc(F)c2)cc1. The van der Waals surface area contributed by atoms with Gasteiger partial charge in [0.2, 0.25) is 0 Å². The topological polar surface area (TPSA) is 59.0 Å². The summed E-state index contributed by atoms with van der Waals surface area (Å²) < 4.78 is 23.3. The summed E-state index contributed by atoms with van der Waals surface area (Å²) in [6, 6.07) is 12.9. The molecular formula is C19H22FNO4. The van der Waals surface area contributed by atoms with Crippen molar-refractivity contribution in [2.24, 2.45) is 0 Å². The Morgan fingerprint density at radius 1 is 1.24 bits per heavy atom. The summed E-state index contributed by atoms with van der Waals surface area (Å²) in [5.74, 6) is -0.129. The highest BCUT2D eigenvalue weighted by molar-refractivity contribution is 5.89. The van der Waals surface area contributed by atoms with E-state index in [4.69, 9.17) is 4.74 Å². The number of benzene rings is 2. The number of aliphatic hydroxyl groups excluding tert-OH is 1. The molecule has 0 fully saturated rings. The number of hydrogen-bond acceptors (Lipinski definition) is 5. The molecule has 0 aliphatic rings. The minimum absolute atomic E-state index is 0.116. The van der Waals surface area contributed by atoms with Gasteiger partial charge in [0.25, 0.3) is 0 Å². The minimum atomic E-state index is -0.696. The van der Waals surface area contributed by atoms with E-state index < -0.39 is 12.1 Å². The maximum atomic E-state index is 13.2. The van der Waals surface area contributed by atoms with Crippen molar-refractivity contribution < 1.29 is 23.8 Å². The zero-order valence-corrected chi connectivity index (χ0v) is 14.3. The predicted molar refractivity (Wildman–Crippen MR) is 92.0 cm³/mol. The molecule has 0 spiro atoms. The predicted octanol–water partition coefficient (Wildman–Crippen LogP) is 2.48. The maximum absolute atomic E-state index is 13.2. The molecule has 25 heavy (non-hydrogen) atoms. The molecule has 1 unspecified atom stereocenters. The van der Waals surface area contributed by atoms with Gasteiger partial charge in [-0.05, 0) is 49.0 Å². The summed E-state index contributed by atoms with van der Waals surface area (Å²) in [5.41, 5.74) is 1.28. The number of esters is 1. The van der Waals surface area contributed by atoms with Crippen molar-refractivity contribution in [2.75, 3.05) is 27.3 Å². The molecule has 2 aromatic carbocycles. The van der Waals surface area contributed by atoms with Crippen LogP contribution in [0.25, 0.3) is 0 Å². The minimum Gasteiger partial charge on any atom is -0.491 e. The summed E-state index contributed by atoms with van der Waals surface area (Å²) >= 11 is 0. The van der Waals surface area contributed by atoms with Crippen molar-refractivity contribution in [3.63, 3.8) is 0 Å². The molecular weight excluding hydrogens is 325 g/mol. The first-order valence-electron chi connectivity index (χ1n) is 7.90. The number of carbonyl (C=O) groups is 1. The monoisotopic (exact) mass is 347 g/mol. The zero-order chi connectivity index (χ0) is 18.2. The molecule has 1 N–H and O–H groups in total. The van der Waals surface area contributed by atoms with E-state index in [0.29, 0.717) is 24.4 Å². The van der Waals surface area contributed by atoms with Crippen molar-refractivity contribution in [1.29, 1.82) is 0 Å². The van der Waals surface area contributed by atoms with Crippen LogP contribution in [0.4, 0.5) is 4.39 Å². The van der Waals surface area contributed by atoms with Crippen LogP contribution in [0.2, 0.25) is 0 Å². The van der Waals surface area contributed by atoms with E-state index in [9.17, 15) is 14.3 Å². The molecule has 0 bridgehead atoms. The summed E-state index contributed by atoms with van der Waals surface area (Å²) in [5, 5.41) is 10.1. The van der Waals surface area contributed by atoms with Crippen LogP contribution in [0.5, 0.6) is 5.75 Å². The van der Waals surface area contributed by atoms with Crippen molar-refractivity contribution in [1.82, 2.24) is 4.90 Å². The van der Waals surface area contributed by atoms with Crippen molar-refractivity contribution in [2.45, 2.75) is 12.6 Å². The Kier molecular flexibility index (Phi) is 6.91. The highest BCUT2D eigenvalue weighted by Crippen LogP contribution is 2.13. The summed E-state index contributed by atoms with van der Waals surface area (Å²) in [4.78, 5) is 13.2. The van der Waals surface area contributed by atoms with Gasteiger partial charge in [-0.2, -0.15) is 0 Å². The number of hydrogen-bond donors (Lipinski definition) is 1. The normalized spacial score (nSPS) is 12.0. The molecule has 0 saturated heterocycles. The summed E-state index contributed by atoms with van der Waals surface area (Å²) in [6.07, 6.45) is -0.696. The van der Waals surface area contributed by atoms with Crippen LogP contribution < -0.4 is 4.74 Å². The highest BCUT2D eigenvalue weighted by atomic mass is 19.1. The number of likely N-dealkylation sites (N-methyl/N-ethyl adjacent to an activating group) is 1. The van der Waals surface area contributed by atoms with E-state index in [0.717, 1.165) is 5.56 Å². The third kappa shape index (κ3) is 6.17. The molecule has 134 valence electrons. The fraction of sp³-hybridized carbons (Fsp3) is 0.316. The van der Waals surface area contributed by atoms with Gasteiger partial charge in [0.15, 0.2) is 0 Å². The number of halogens is 1. The first-order valence-corrected chi connectivity index (χ1v) is 7.90. The fourth-order valence-corrected chi connectivity index (χ4v) is 2.42. The Morgan fingerprint density at radius 2 is 1.96 bits per heavy atom. The Bertz CT molecular complexity index is 690. The van der Waals surface area contributed by atoms with Crippen LogP contribution in [0.15, 0.2) is 48.5 Å². The second-order valence-electron chi connectivity index (χ2n) is 5.81. The fourth-order valence-electron chi connectivity index (χ4n) is 2.42. The number of ether oxygens (including phenoxy) is 2. The Balaban J connectivity index is 1.78. The van der Waals surface area contributed by atoms with Gasteiger partial charge in [-0.25, -0.2) is 9.18 Å². The van der Waals surface area contributed by atoms with Crippen LogP contribution in [0, 0.1) is 5.82 Å². The van der Waals surface area contributed by atoms with Gasteiger partial charge in [-0.1, -0.05) is 12.1 Å². The number of methoxy groups -OCH3 is 1. The molecule has 6 heteroatoms. The standard InChI is InChI=1S/C19H22FNO4/c1-21(11-14-4-3-5-16(20)10-14)12-17(22)13-25-18-8-6-15(7-9-18)19(23)24-2/h3-10,17,22H,11-13H2,1-2H3. The van der Waals surface area contributed by atoms with Crippen LogP contribution >= 0.6 is 0 Å². The lowest BCUT2D eigenvalue weighted by molar-refractivity contribution is 0.0600. The summed E-state index contributed by atoms with van der Waals surface area (Å²) in [6.45, 7) is 1.03. The van der Waals surface area contributed by atoms with Crippen LogP contribution in [0.1, 0.15) is 15.9 Å². The second-order valence-corrected chi connectivity index (χ2v) is 5.81. The Labute approximate surface area is 146 Å². The lowest BCUT2D eigenvalue weighted by atomic mass is 10.2. The van der Waals surface area contributed by atoms with Gasteiger partial charge in [-0.3, -0.25) is 4.90 Å².